The lowest BCUT2D eigenvalue weighted by atomic mass is 9.80. The number of nitrogens with two attached hydrogens (primary N) is 2. The summed E-state index contributed by atoms with van der Waals surface area (Å²) in [5.74, 6) is 1.49. The zero-order chi connectivity index (χ0) is 24.9. The molecule has 0 aliphatic heterocycles. The van der Waals surface area contributed by atoms with E-state index in [0.717, 1.165) is 32.7 Å². The maximum Gasteiger partial charge on any atom is 0.488 e. The van der Waals surface area contributed by atoms with Crippen molar-refractivity contribution in [1.82, 2.24) is 0 Å². The molecule has 4 aromatic carbocycles. The second kappa shape index (κ2) is 18.8. The van der Waals surface area contributed by atoms with Crippen LogP contribution in [-0.2, 0) is 0 Å². The lowest BCUT2D eigenvalue weighted by Crippen LogP contribution is -2.29. The lowest BCUT2D eigenvalue weighted by Gasteiger charge is -2.04. The third kappa shape index (κ3) is 12.9. The Bertz CT molecular complexity index is 1120. The van der Waals surface area contributed by atoms with Crippen LogP contribution in [0.15, 0.2) is 102 Å². The predicted molar refractivity (Wildman–Crippen MR) is 164 cm³/mol. The van der Waals surface area contributed by atoms with Crippen LogP contribution in [0.2, 0.25) is 0 Å². The van der Waals surface area contributed by atoms with Gasteiger partial charge in [0, 0.05) is 15.8 Å². The van der Waals surface area contributed by atoms with E-state index < -0.39 is 7.12 Å². The minimum absolute atomic E-state index is 0. The number of ether oxygens (including phenoxy) is 2. The van der Waals surface area contributed by atoms with Crippen LogP contribution in [0, 0.1) is 0 Å². The molecule has 6 N–H and O–H groups in total. The third-order valence-electron chi connectivity index (χ3n) is 4.58. The molecule has 0 spiro atoms. The fraction of sp³-hybridized carbons (Fsp3) is 0.172. The highest BCUT2D eigenvalue weighted by Gasteiger charge is 2.10. The van der Waals surface area contributed by atoms with Crippen LogP contribution in [0.1, 0.15) is 22.3 Å². The van der Waals surface area contributed by atoms with E-state index in [1.807, 2.05) is 72.8 Å². The van der Waals surface area contributed by atoms with Gasteiger partial charge in [0.15, 0.2) is 0 Å². The predicted octanol–water partition coefficient (Wildman–Crippen LogP) is 6.26. The molecule has 6 nitrogen and oxygen atoms in total. The molecule has 4 aromatic rings. The van der Waals surface area contributed by atoms with Crippen LogP contribution in [0.3, 0.4) is 0 Å². The van der Waals surface area contributed by atoms with Gasteiger partial charge in [-0.1, -0.05) is 74.6 Å². The van der Waals surface area contributed by atoms with Crippen LogP contribution in [0.4, 0.5) is 11.4 Å². The number of methoxy groups -OCH3 is 2. The molecule has 0 saturated carbocycles. The van der Waals surface area contributed by atoms with Gasteiger partial charge in [-0.25, -0.2) is 0 Å². The summed E-state index contributed by atoms with van der Waals surface area (Å²) >= 11 is 3.29. The third-order valence-corrected chi connectivity index (χ3v) is 5.10. The van der Waals surface area contributed by atoms with Gasteiger partial charge in [-0.15, -0.1) is 0 Å². The summed E-state index contributed by atoms with van der Waals surface area (Å²) in [5, 5.41) is 17.5. The molecule has 37 heavy (non-hydrogen) atoms. The highest BCUT2D eigenvalue weighted by atomic mass is 79.9. The Kier molecular flexibility index (Phi) is 18.1. The maximum atomic E-state index is 8.74. The van der Waals surface area contributed by atoms with Gasteiger partial charge in [-0.3, -0.25) is 0 Å². The van der Waals surface area contributed by atoms with Gasteiger partial charge in [0.1, 0.15) is 11.5 Å². The van der Waals surface area contributed by atoms with E-state index in [2.05, 4.69) is 15.9 Å². The SMILES string of the molecule is C.C.C.COc1cccc(-c2ccc(N)cc2)c1.COc1cccc(B(O)O)c1.Nc1ccc(Br)cc1. The minimum Gasteiger partial charge on any atom is -0.497 e. The van der Waals surface area contributed by atoms with E-state index in [1.165, 1.54) is 7.11 Å². The molecule has 0 aliphatic rings. The number of nitrogen functional groups attached to an aromatic ring is 2. The van der Waals surface area contributed by atoms with Gasteiger partial charge in [0.25, 0.3) is 0 Å². The summed E-state index contributed by atoms with van der Waals surface area (Å²) < 4.78 is 11.1. The van der Waals surface area contributed by atoms with E-state index in [-0.39, 0.29) is 22.3 Å². The van der Waals surface area contributed by atoms with E-state index >= 15 is 0 Å². The van der Waals surface area contributed by atoms with Gasteiger partial charge in [-0.05, 0) is 77.3 Å². The minimum atomic E-state index is -1.43. The summed E-state index contributed by atoms with van der Waals surface area (Å²) in [5.41, 5.74) is 15.3. The molecule has 0 amide bonds. The summed E-state index contributed by atoms with van der Waals surface area (Å²) in [7, 11) is 1.77. The van der Waals surface area contributed by atoms with Crippen molar-refractivity contribution in [3.05, 3.63) is 102 Å². The van der Waals surface area contributed by atoms with Crippen molar-refractivity contribution in [2.24, 2.45) is 0 Å². The van der Waals surface area contributed by atoms with Crippen molar-refractivity contribution in [3.8, 4) is 22.6 Å². The number of anilines is 2. The summed E-state index contributed by atoms with van der Waals surface area (Å²) in [6.45, 7) is 0. The van der Waals surface area contributed by atoms with Crippen LogP contribution in [0.5, 0.6) is 11.5 Å². The first-order valence-corrected chi connectivity index (χ1v) is 11.1. The Morgan fingerprint density at radius 3 is 1.54 bits per heavy atom. The maximum absolute atomic E-state index is 8.74. The number of hydrogen-bond acceptors (Lipinski definition) is 6. The van der Waals surface area contributed by atoms with Crippen molar-refractivity contribution in [2.75, 3.05) is 25.7 Å². The summed E-state index contributed by atoms with van der Waals surface area (Å²) in [6.07, 6.45) is 0. The van der Waals surface area contributed by atoms with Crippen molar-refractivity contribution in [2.45, 2.75) is 22.3 Å². The molecule has 0 aliphatic carbocycles. The van der Waals surface area contributed by atoms with Crippen LogP contribution >= 0.6 is 15.9 Å². The van der Waals surface area contributed by atoms with Gasteiger partial charge >= 0.3 is 7.12 Å². The molecule has 0 aromatic heterocycles. The van der Waals surface area contributed by atoms with Crippen molar-refractivity contribution in [1.29, 1.82) is 0 Å². The molecule has 200 valence electrons. The Balaban J connectivity index is 0. The first-order chi connectivity index (χ1) is 16.3. The molecular formula is C29H40BBrN2O4. The number of rotatable bonds is 4. The molecule has 0 heterocycles. The Morgan fingerprint density at radius 2 is 1.08 bits per heavy atom. The summed E-state index contributed by atoms with van der Waals surface area (Å²) in [4.78, 5) is 0. The average molecular weight is 571 g/mol. The number of halogens is 1. The number of hydrogen-bond donors (Lipinski definition) is 4. The lowest BCUT2D eigenvalue weighted by molar-refractivity contribution is 0.412. The van der Waals surface area contributed by atoms with Crippen LogP contribution in [0.25, 0.3) is 11.1 Å². The molecular weight excluding hydrogens is 531 g/mol. The first-order valence-electron chi connectivity index (χ1n) is 10.3. The fourth-order valence-electron chi connectivity index (χ4n) is 2.74. The second-order valence-electron chi connectivity index (χ2n) is 7.06. The van der Waals surface area contributed by atoms with Gasteiger partial charge < -0.3 is 31.0 Å². The largest absolute Gasteiger partial charge is 0.497 e. The van der Waals surface area contributed by atoms with Crippen LogP contribution < -0.4 is 26.4 Å². The van der Waals surface area contributed by atoms with Crippen molar-refractivity contribution in [3.63, 3.8) is 0 Å². The monoisotopic (exact) mass is 570 g/mol. The zero-order valence-electron chi connectivity index (χ0n) is 19.1. The van der Waals surface area contributed by atoms with Gasteiger partial charge in [0.2, 0.25) is 0 Å². The molecule has 0 unspecified atom stereocenters. The highest BCUT2D eigenvalue weighted by Crippen LogP contribution is 2.24. The quantitative estimate of drug-likeness (QED) is 0.170. The smallest absolute Gasteiger partial charge is 0.488 e. The number of benzene rings is 4. The first kappa shape index (κ1) is 35.7. The average Bonchev–Trinajstić information content (AvgIpc) is 2.87. The van der Waals surface area contributed by atoms with Crippen molar-refractivity contribution < 1.29 is 19.5 Å². The van der Waals surface area contributed by atoms with Crippen molar-refractivity contribution >= 4 is 39.9 Å². The highest BCUT2D eigenvalue weighted by molar-refractivity contribution is 9.10. The molecule has 4 rings (SSSR count). The standard InChI is InChI=1S/C13H13NO.C7H9BO3.C6H6BrN.3CH4/c1-15-13-4-2-3-11(9-13)10-5-7-12(14)8-6-10;1-11-7-4-2-3-6(5-7)8(9)10;7-5-1-3-6(8)4-2-5;;;/h2-9H,14H2,1H3;2-5,9-10H,1H3;1-4H,8H2;3*1H4. The Labute approximate surface area is 231 Å². The molecule has 0 atom stereocenters. The van der Waals surface area contributed by atoms with Gasteiger partial charge in [-0.2, -0.15) is 0 Å². The fourth-order valence-corrected chi connectivity index (χ4v) is 3.01. The zero-order valence-corrected chi connectivity index (χ0v) is 20.6. The summed E-state index contributed by atoms with van der Waals surface area (Å²) in [6, 6.07) is 29.9. The van der Waals surface area contributed by atoms with E-state index in [0.29, 0.717) is 11.2 Å². The molecule has 0 fully saturated rings. The topological polar surface area (TPSA) is 111 Å². The molecule has 0 bridgehead atoms. The molecule has 0 radical (unpaired) electrons. The Hall–Kier alpha value is -3.46. The molecule has 0 saturated heterocycles. The second-order valence-corrected chi connectivity index (χ2v) is 7.97. The molecule has 8 heteroatoms. The van der Waals surface area contributed by atoms with Gasteiger partial charge in [0.05, 0.1) is 14.2 Å². The normalized spacial score (nSPS) is 8.78. The van der Waals surface area contributed by atoms with E-state index in [1.54, 1.807) is 31.4 Å². The van der Waals surface area contributed by atoms with E-state index in [4.69, 9.17) is 31.0 Å². The van der Waals surface area contributed by atoms with Crippen LogP contribution in [-0.4, -0.2) is 31.4 Å². The van der Waals surface area contributed by atoms with E-state index in [9.17, 15) is 0 Å². The Morgan fingerprint density at radius 1 is 0.622 bits per heavy atom.